The molecule has 0 spiro atoms. The minimum absolute atomic E-state index is 0.593. The van der Waals surface area contributed by atoms with Gasteiger partial charge < -0.3 is 5.73 Å². The van der Waals surface area contributed by atoms with Gasteiger partial charge in [-0.1, -0.05) is 28.1 Å². The van der Waals surface area contributed by atoms with Crippen LogP contribution in [0.4, 0.5) is 0 Å². The molecule has 1 rings (SSSR count). The van der Waals surface area contributed by atoms with Crippen LogP contribution in [0, 0.1) is 0 Å². The zero-order chi connectivity index (χ0) is 8.97. The van der Waals surface area contributed by atoms with Crippen molar-refractivity contribution in [2.24, 2.45) is 5.73 Å². The molecule has 0 fully saturated rings. The molecule has 0 heterocycles. The third kappa shape index (κ3) is 2.93. The molecule has 0 aliphatic heterocycles. The van der Waals surface area contributed by atoms with Gasteiger partial charge in [0.2, 0.25) is 0 Å². The van der Waals surface area contributed by atoms with E-state index >= 15 is 0 Å². The van der Waals surface area contributed by atoms with Crippen LogP contribution in [0.1, 0.15) is 5.56 Å². The van der Waals surface area contributed by atoms with E-state index < -0.39 is 0 Å². The van der Waals surface area contributed by atoms with E-state index in [1.165, 1.54) is 5.56 Å². The molecule has 2 nitrogen and oxygen atoms in total. The zero-order valence-corrected chi connectivity index (χ0v) is 8.71. The first kappa shape index (κ1) is 9.71. The van der Waals surface area contributed by atoms with E-state index in [9.17, 15) is 0 Å². The van der Waals surface area contributed by atoms with Crippen molar-refractivity contribution < 1.29 is 0 Å². The van der Waals surface area contributed by atoms with Crippen molar-refractivity contribution >= 4 is 15.9 Å². The molecule has 0 aromatic heterocycles. The van der Waals surface area contributed by atoms with E-state index in [0.29, 0.717) is 6.67 Å². The second-order valence-electron chi connectivity index (χ2n) is 2.82. The number of rotatable bonds is 3. The van der Waals surface area contributed by atoms with E-state index in [4.69, 9.17) is 5.73 Å². The van der Waals surface area contributed by atoms with E-state index in [2.05, 4.69) is 33.0 Å². The highest BCUT2D eigenvalue weighted by molar-refractivity contribution is 9.10. The van der Waals surface area contributed by atoms with Gasteiger partial charge in [-0.05, 0) is 24.7 Å². The lowest BCUT2D eigenvalue weighted by Crippen LogP contribution is -2.24. The van der Waals surface area contributed by atoms with Crippen molar-refractivity contribution in [3.05, 3.63) is 34.3 Å². The van der Waals surface area contributed by atoms with Crippen LogP contribution in [0.15, 0.2) is 28.7 Å². The molecule has 1 aromatic carbocycles. The quantitative estimate of drug-likeness (QED) is 0.800. The van der Waals surface area contributed by atoms with Gasteiger partial charge in [-0.3, -0.25) is 4.90 Å². The average Bonchev–Trinajstić information content (AvgIpc) is 2.09. The maximum atomic E-state index is 5.47. The van der Waals surface area contributed by atoms with Crippen LogP contribution in [0.3, 0.4) is 0 Å². The van der Waals surface area contributed by atoms with Gasteiger partial charge in [0.25, 0.3) is 0 Å². The van der Waals surface area contributed by atoms with E-state index in [-0.39, 0.29) is 0 Å². The summed E-state index contributed by atoms with van der Waals surface area (Å²) in [6.45, 7) is 1.50. The van der Waals surface area contributed by atoms with Crippen LogP contribution in [0.2, 0.25) is 0 Å². The van der Waals surface area contributed by atoms with Crippen molar-refractivity contribution in [1.82, 2.24) is 4.90 Å². The van der Waals surface area contributed by atoms with Crippen molar-refractivity contribution in [1.29, 1.82) is 0 Å². The third-order valence-corrected chi connectivity index (χ3v) is 2.21. The van der Waals surface area contributed by atoms with Gasteiger partial charge >= 0.3 is 0 Å². The van der Waals surface area contributed by atoms with E-state index in [1.54, 1.807) is 0 Å². The largest absolute Gasteiger partial charge is 0.318 e. The minimum Gasteiger partial charge on any atom is -0.318 e. The lowest BCUT2D eigenvalue weighted by Gasteiger charge is -2.13. The second-order valence-corrected chi connectivity index (χ2v) is 3.74. The molecule has 0 saturated heterocycles. The number of halogens is 1. The number of benzene rings is 1. The summed E-state index contributed by atoms with van der Waals surface area (Å²) in [5.41, 5.74) is 6.75. The Kier molecular flexibility index (Phi) is 3.72. The monoisotopic (exact) mass is 228 g/mol. The summed E-state index contributed by atoms with van der Waals surface area (Å²) in [6, 6.07) is 8.27. The predicted molar refractivity (Wildman–Crippen MR) is 54.7 cm³/mol. The lowest BCUT2D eigenvalue weighted by atomic mass is 10.2. The highest BCUT2D eigenvalue weighted by Gasteiger charge is 1.96. The fourth-order valence-corrected chi connectivity index (χ4v) is 1.23. The SMILES string of the molecule is CN(CN)Cc1ccc(Br)cc1. The second kappa shape index (κ2) is 4.60. The summed E-state index contributed by atoms with van der Waals surface area (Å²) in [6.07, 6.45) is 0. The summed E-state index contributed by atoms with van der Waals surface area (Å²) < 4.78 is 1.11. The maximum Gasteiger partial charge on any atom is 0.0455 e. The van der Waals surface area contributed by atoms with Crippen molar-refractivity contribution in [3.63, 3.8) is 0 Å². The molecule has 2 N–H and O–H groups in total. The standard InChI is InChI=1S/C9H13BrN2/c1-12(7-11)6-8-2-4-9(10)5-3-8/h2-5H,6-7,11H2,1H3. The molecule has 66 valence electrons. The van der Waals surface area contributed by atoms with Crippen molar-refractivity contribution in [2.45, 2.75) is 6.54 Å². The zero-order valence-electron chi connectivity index (χ0n) is 7.13. The van der Waals surface area contributed by atoms with Gasteiger partial charge in [-0.15, -0.1) is 0 Å². The first-order valence-corrected chi connectivity index (χ1v) is 4.64. The Labute approximate surface area is 81.5 Å². The fraction of sp³-hybridized carbons (Fsp3) is 0.333. The Morgan fingerprint density at radius 1 is 1.33 bits per heavy atom. The Morgan fingerprint density at radius 3 is 2.42 bits per heavy atom. The highest BCUT2D eigenvalue weighted by Crippen LogP contribution is 2.11. The van der Waals surface area contributed by atoms with Crippen LogP contribution in [0.25, 0.3) is 0 Å². The van der Waals surface area contributed by atoms with Crippen LogP contribution in [-0.2, 0) is 6.54 Å². The molecule has 12 heavy (non-hydrogen) atoms. The van der Waals surface area contributed by atoms with Gasteiger partial charge in [-0.25, -0.2) is 0 Å². The smallest absolute Gasteiger partial charge is 0.0455 e. The fourth-order valence-electron chi connectivity index (χ4n) is 0.966. The normalized spacial score (nSPS) is 10.7. The molecule has 0 amide bonds. The van der Waals surface area contributed by atoms with Crippen LogP contribution in [0.5, 0.6) is 0 Å². The van der Waals surface area contributed by atoms with Crippen LogP contribution < -0.4 is 5.73 Å². The molecular weight excluding hydrogens is 216 g/mol. The van der Waals surface area contributed by atoms with Gasteiger partial charge in [0.05, 0.1) is 0 Å². The highest BCUT2D eigenvalue weighted by atomic mass is 79.9. The lowest BCUT2D eigenvalue weighted by molar-refractivity contribution is 0.337. The number of hydrogen-bond acceptors (Lipinski definition) is 2. The Morgan fingerprint density at radius 2 is 1.92 bits per heavy atom. The molecule has 0 saturated carbocycles. The summed E-state index contributed by atoms with van der Waals surface area (Å²) in [5, 5.41) is 0. The number of nitrogens with zero attached hydrogens (tertiary/aromatic N) is 1. The van der Waals surface area contributed by atoms with Crippen molar-refractivity contribution in [3.8, 4) is 0 Å². The summed E-state index contributed by atoms with van der Waals surface area (Å²) in [5.74, 6) is 0. The van der Waals surface area contributed by atoms with Gasteiger partial charge in [-0.2, -0.15) is 0 Å². The molecule has 0 atom stereocenters. The number of hydrogen-bond donors (Lipinski definition) is 1. The molecule has 1 aromatic rings. The minimum atomic E-state index is 0.593. The predicted octanol–water partition coefficient (Wildman–Crippen LogP) is 1.80. The van der Waals surface area contributed by atoms with Gasteiger partial charge in [0, 0.05) is 17.7 Å². The van der Waals surface area contributed by atoms with Gasteiger partial charge in [0.1, 0.15) is 0 Å². The first-order chi connectivity index (χ1) is 5.72. The van der Waals surface area contributed by atoms with E-state index in [0.717, 1.165) is 11.0 Å². The van der Waals surface area contributed by atoms with Gasteiger partial charge in [0.15, 0.2) is 0 Å². The Balaban J connectivity index is 2.58. The topological polar surface area (TPSA) is 29.3 Å². The van der Waals surface area contributed by atoms with Crippen LogP contribution >= 0.6 is 15.9 Å². The molecule has 0 radical (unpaired) electrons. The van der Waals surface area contributed by atoms with Crippen LogP contribution in [-0.4, -0.2) is 18.6 Å². The molecule has 0 aliphatic carbocycles. The Hall–Kier alpha value is -0.380. The maximum absolute atomic E-state index is 5.47. The van der Waals surface area contributed by atoms with E-state index in [1.807, 2.05) is 19.2 Å². The molecule has 3 heteroatoms. The van der Waals surface area contributed by atoms with Crippen molar-refractivity contribution in [2.75, 3.05) is 13.7 Å². The molecule has 0 aliphatic rings. The average molecular weight is 229 g/mol. The number of nitrogens with two attached hydrogens (primary N) is 1. The Bertz CT molecular complexity index is 233. The molecule has 0 unspecified atom stereocenters. The molecule has 0 bridgehead atoms. The molecular formula is C9H13BrN2. The summed E-state index contributed by atoms with van der Waals surface area (Å²) in [4.78, 5) is 2.06. The summed E-state index contributed by atoms with van der Waals surface area (Å²) in [7, 11) is 2.00. The first-order valence-electron chi connectivity index (χ1n) is 3.85. The third-order valence-electron chi connectivity index (χ3n) is 1.68. The summed E-state index contributed by atoms with van der Waals surface area (Å²) >= 11 is 3.39.